The van der Waals surface area contributed by atoms with Crippen molar-refractivity contribution in [2.24, 2.45) is 0 Å². The Morgan fingerprint density at radius 3 is 1.28 bits per heavy atom. The van der Waals surface area contributed by atoms with Gasteiger partial charge < -0.3 is 11.1 Å². The van der Waals surface area contributed by atoms with E-state index >= 15 is 0 Å². The summed E-state index contributed by atoms with van der Waals surface area (Å²) < 4.78 is 0. The molecule has 0 saturated carbocycles. The standard InChI is InChI=1S/C16H13N.C10H9N.C7H8.4C2H6/c1-2-9-14(10-3-1)17-16-12-6-8-13-7-4-5-11-15(13)16;11-10-7-3-5-8-4-1-2-6-9(8)10;1-7-5-3-2-4-6-7;4*1-2/h1-12,17H;1-7H,11H2;2-6H,1H3;4*1-2H3. The Morgan fingerprint density at radius 2 is 0.791 bits per heavy atom. The molecule has 0 aromatic heterocycles. The molecular weight excluding hydrogens is 520 g/mol. The average Bonchev–Trinajstić information content (AvgIpc) is 3.10. The van der Waals surface area contributed by atoms with Crippen molar-refractivity contribution < 1.29 is 0 Å². The van der Waals surface area contributed by atoms with E-state index in [4.69, 9.17) is 5.73 Å². The number of nitrogens with one attached hydrogen (secondary N) is 1. The van der Waals surface area contributed by atoms with Gasteiger partial charge in [-0.3, -0.25) is 0 Å². The molecular formula is C41H54N2. The lowest BCUT2D eigenvalue weighted by Crippen LogP contribution is -1.90. The molecule has 2 heteroatoms. The number of rotatable bonds is 2. The van der Waals surface area contributed by atoms with Gasteiger partial charge in [0.25, 0.3) is 0 Å². The maximum Gasteiger partial charge on any atom is 0.0463 e. The Bertz CT molecular complexity index is 1470. The molecule has 228 valence electrons. The molecule has 43 heavy (non-hydrogen) atoms. The first-order valence-corrected chi connectivity index (χ1v) is 15.8. The van der Waals surface area contributed by atoms with E-state index in [1.807, 2.05) is 122 Å². The number of nitrogen functional groups attached to an aromatic ring is 1. The van der Waals surface area contributed by atoms with Crippen LogP contribution in [0.1, 0.15) is 61.0 Å². The highest BCUT2D eigenvalue weighted by molar-refractivity contribution is 5.95. The number of hydrogen-bond acceptors (Lipinski definition) is 2. The van der Waals surface area contributed by atoms with Gasteiger partial charge in [-0.05, 0) is 42.0 Å². The largest absolute Gasteiger partial charge is 0.398 e. The van der Waals surface area contributed by atoms with Gasteiger partial charge >= 0.3 is 0 Å². The van der Waals surface area contributed by atoms with Gasteiger partial charge in [-0.15, -0.1) is 0 Å². The van der Waals surface area contributed by atoms with Gasteiger partial charge in [0.05, 0.1) is 0 Å². The van der Waals surface area contributed by atoms with Crippen molar-refractivity contribution in [3.63, 3.8) is 0 Å². The quantitative estimate of drug-likeness (QED) is 0.202. The zero-order chi connectivity index (χ0) is 32.3. The number of para-hydroxylation sites is 1. The molecule has 0 radical (unpaired) electrons. The predicted octanol–water partition coefficient (Wildman–Crippen LogP) is 13.1. The zero-order valence-electron chi connectivity index (χ0n) is 27.9. The molecule has 0 saturated heterocycles. The van der Waals surface area contributed by atoms with Crippen molar-refractivity contribution in [3.8, 4) is 0 Å². The van der Waals surface area contributed by atoms with Gasteiger partial charge in [0, 0.05) is 27.8 Å². The van der Waals surface area contributed by atoms with Crippen LogP contribution in [-0.4, -0.2) is 0 Å². The second kappa shape index (κ2) is 25.2. The number of hydrogen-bond donors (Lipinski definition) is 2. The molecule has 3 N–H and O–H groups in total. The third kappa shape index (κ3) is 14.3. The SMILES string of the molecule is CC.CC.CC.CC.Cc1ccccc1.Nc1cccc2ccccc12.c1ccc(Nc2cccc3ccccc23)cc1. The summed E-state index contributed by atoms with van der Waals surface area (Å²) in [5, 5.41) is 8.29. The first kappa shape index (κ1) is 38.4. The third-order valence-corrected chi connectivity index (χ3v) is 5.61. The van der Waals surface area contributed by atoms with Crippen LogP contribution in [0.4, 0.5) is 17.1 Å². The number of nitrogens with two attached hydrogens (primary N) is 1. The molecule has 0 aliphatic heterocycles. The van der Waals surface area contributed by atoms with Crippen LogP contribution >= 0.6 is 0 Å². The Morgan fingerprint density at radius 1 is 0.395 bits per heavy atom. The lowest BCUT2D eigenvalue weighted by atomic mass is 10.1. The summed E-state index contributed by atoms with van der Waals surface area (Å²) in [5.41, 5.74) is 10.2. The third-order valence-electron chi connectivity index (χ3n) is 5.61. The molecule has 0 spiro atoms. The summed E-state index contributed by atoms with van der Waals surface area (Å²) in [6.45, 7) is 18.1. The first-order valence-electron chi connectivity index (χ1n) is 15.8. The highest BCUT2D eigenvalue weighted by Gasteiger charge is 1.99. The summed E-state index contributed by atoms with van der Waals surface area (Å²) in [7, 11) is 0. The van der Waals surface area contributed by atoms with E-state index in [1.54, 1.807) is 0 Å². The van der Waals surface area contributed by atoms with Crippen molar-refractivity contribution in [2.75, 3.05) is 11.1 Å². The minimum Gasteiger partial charge on any atom is -0.398 e. The van der Waals surface area contributed by atoms with Gasteiger partial charge in [-0.2, -0.15) is 0 Å². The molecule has 0 atom stereocenters. The van der Waals surface area contributed by atoms with Gasteiger partial charge in [0.15, 0.2) is 0 Å². The maximum atomic E-state index is 5.76. The summed E-state index contributed by atoms with van der Waals surface area (Å²) >= 11 is 0. The highest BCUT2D eigenvalue weighted by Crippen LogP contribution is 2.26. The molecule has 6 aromatic carbocycles. The Hall–Kier alpha value is -4.56. The maximum absolute atomic E-state index is 5.76. The molecule has 0 bridgehead atoms. The van der Waals surface area contributed by atoms with Gasteiger partial charge in [-0.1, -0.05) is 182 Å². The average molecular weight is 575 g/mol. The van der Waals surface area contributed by atoms with Gasteiger partial charge in [0.1, 0.15) is 0 Å². The van der Waals surface area contributed by atoms with Crippen molar-refractivity contribution in [1.82, 2.24) is 0 Å². The Labute approximate surface area is 262 Å². The van der Waals surface area contributed by atoms with E-state index in [0.29, 0.717) is 0 Å². The van der Waals surface area contributed by atoms with Crippen LogP contribution < -0.4 is 11.1 Å². The fraction of sp³-hybridized carbons (Fsp3) is 0.220. The van der Waals surface area contributed by atoms with E-state index in [-0.39, 0.29) is 0 Å². The molecule has 0 fully saturated rings. The molecule has 0 unspecified atom stereocenters. The fourth-order valence-corrected chi connectivity index (χ4v) is 3.80. The Balaban J connectivity index is 0.000000587. The number of anilines is 3. The van der Waals surface area contributed by atoms with Crippen LogP contribution in [0.2, 0.25) is 0 Å². The first-order chi connectivity index (χ1) is 21.2. The minimum atomic E-state index is 0.850. The van der Waals surface area contributed by atoms with Crippen LogP contribution in [0, 0.1) is 6.92 Å². The van der Waals surface area contributed by atoms with Crippen LogP contribution in [-0.2, 0) is 0 Å². The van der Waals surface area contributed by atoms with Crippen molar-refractivity contribution in [1.29, 1.82) is 0 Å². The second-order valence-corrected chi connectivity index (χ2v) is 8.24. The van der Waals surface area contributed by atoms with E-state index in [2.05, 4.69) is 91.1 Å². The summed E-state index contributed by atoms with van der Waals surface area (Å²) in [5.74, 6) is 0. The van der Waals surface area contributed by atoms with E-state index in [0.717, 1.165) is 22.4 Å². The van der Waals surface area contributed by atoms with Crippen molar-refractivity contribution in [3.05, 3.63) is 151 Å². The Kier molecular flexibility index (Phi) is 22.5. The van der Waals surface area contributed by atoms with E-state index in [9.17, 15) is 0 Å². The molecule has 6 aromatic rings. The molecule has 0 aliphatic rings. The van der Waals surface area contributed by atoms with Gasteiger partial charge in [0.2, 0.25) is 0 Å². The van der Waals surface area contributed by atoms with Crippen LogP contribution in [0.15, 0.2) is 146 Å². The highest BCUT2D eigenvalue weighted by atomic mass is 14.9. The fourth-order valence-electron chi connectivity index (χ4n) is 3.80. The molecule has 0 amide bonds. The van der Waals surface area contributed by atoms with Gasteiger partial charge in [-0.25, -0.2) is 0 Å². The second-order valence-electron chi connectivity index (χ2n) is 8.24. The van der Waals surface area contributed by atoms with Crippen LogP contribution in [0.3, 0.4) is 0 Å². The van der Waals surface area contributed by atoms with Crippen molar-refractivity contribution >= 4 is 38.6 Å². The minimum absolute atomic E-state index is 0.850. The topological polar surface area (TPSA) is 38.0 Å². The molecule has 2 nitrogen and oxygen atoms in total. The van der Waals surface area contributed by atoms with Crippen molar-refractivity contribution in [2.45, 2.75) is 62.3 Å². The smallest absolute Gasteiger partial charge is 0.0463 e. The molecule has 0 aliphatic carbocycles. The van der Waals surface area contributed by atoms with E-state index in [1.165, 1.54) is 21.7 Å². The van der Waals surface area contributed by atoms with E-state index < -0.39 is 0 Å². The number of benzene rings is 6. The summed E-state index contributed by atoms with van der Waals surface area (Å²) in [6, 6.07) is 49.3. The van der Waals surface area contributed by atoms with Crippen LogP contribution in [0.25, 0.3) is 21.5 Å². The lowest BCUT2D eigenvalue weighted by Gasteiger charge is -2.09. The molecule has 0 heterocycles. The van der Waals surface area contributed by atoms with Crippen LogP contribution in [0.5, 0.6) is 0 Å². The monoisotopic (exact) mass is 574 g/mol. The molecule has 6 rings (SSSR count). The zero-order valence-corrected chi connectivity index (χ0v) is 27.9. The summed E-state index contributed by atoms with van der Waals surface area (Å²) in [4.78, 5) is 0. The number of fused-ring (bicyclic) bond motifs is 2. The number of aryl methyl sites for hydroxylation is 1. The summed E-state index contributed by atoms with van der Waals surface area (Å²) in [6.07, 6.45) is 0. The lowest BCUT2D eigenvalue weighted by molar-refractivity contribution is 1.48. The normalized spacial score (nSPS) is 8.67. The predicted molar refractivity (Wildman–Crippen MR) is 199 cm³/mol.